The zero-order valence-corrected chi connectivity index (χ0v) is 21.5. The first-order chi connectivity index (χ1) is 17.3. The minimum Gasteiger partial charge on any atom is -0.486 e. The van der Waals surface area contributed by atoms with Crippen LogP contribution >= 0.6 is 27.7 Å². The number of benzene rings is 2. The quantitative estimate of drug-likeness (QED) is 0.369. The van der Waals surface area contributed by atoms with E-state index in [1.165, 1.54) is 6.08 Å². The van der Waals surface area contributed by atoms with Gasteiger partial charge in [-0.05, 0) is 55.1 Å². The topological polar surface area (TPSA) is 120 Å². The van der Waals surface area contributed by atoms with Crippen molar-refractivity contribution in [2.24, 2.45) is 0 Å². The maximum Gasteiger partial charge on any atom is 0.344 e. The van der Waals surface area contributed by atoms with E-state index in [4.69, 9.17) is 18.9 Å². The number of anilines is 1. The van der Waals surface area contributed by atoms with Crippen molar-refractivity contribution in [1.29, 1.82) is 0 Å². The normalized spacial score (nSPS) is 15.7. The van der Waals surface area contributed by atoms with Gasteiger partial charge in [-0.15, -0.1) is 0 Å². The number of thioether (sulfide) groups is 1. The number of nitrogens with zero attached hydrogens (tertiary/aromatic N) is 1. The monoisotopic (exact) mass is 576 g/mol. The molecule has 2 aliphatic heterocycles. The number of rotatable bonds is 8. The van der Waals surface area contributed by atoms with Gasteiger partial charge < -0.3 is 24.3 Å². The molecule has 0 atom stereocenters. The van der Waals surface area contributed by atoms with Gasteiger partial charge in [0.15, 0.2) is 18.1 Å². The molecule has 0 aromatic heterocycles. The lowest BCUT2D eigenvalue weighted by molar-refractivity contribution is -0.145. The summed E-state index contributed by atoms with van der Waals surface area (Å²) in [6.45, 7) is 2.00. The molecule has 0 unspecified atom stereocenters. The summed E-state index contributed by atoms with van der Waals surface area (Å²) in [6, 6.07) is 9.96. The summed E-state index contributed by atoms with van der Waals surface area (Å²) in [7, 11) is 0. The Morgan fingerprint density at radius 3 is 2.69 bits per heavy atom. The number of halogens is 1. The van der Waals surface area contributed by atoms with Crippen LogP contribution < -0.4 is 19.5 Å². The number of hydrogen-bond donors (Lipinski definition) is 1. The number of hydrogen-bond acceptors (Lipinski definition) is 9. The lowest BCUT2D eigenvalue weighted by atomic mass is 10.2. The second kappa shape index (κ2) is 11.5. The predicted octanol–water partition coefficient (Wildman–Crippen LogP) is 3.84. The van der Waals surface area contributed by atoms with Crippen LogP contribution in [-0.2, 0) is 19.1 Å². The Labute approximate surface area is 219 Å². The molecule has 36 heavy (non-hydrogen) atoms. The van der Waals surface area contributed by atoms with Crippen LogP contribution in [0.25, 0.3) is 6.08 Å². The van der Waals surface area contributed by atoms with E-state index in [-0.39, 0.29) is 18.1 Å². The van der Waals surface area contributed by atoms with Gasteiger partial charge in [0.1, 0.15) is 25.5 Å². The maximum absolute atomic E-state index is 12.9. The molecule has 2 aromatic carbocycles. The molecule has 2 aromatic rings. The van der Waals surface area contributed by atoms with E-state index >= 15 is 0 Å². The van der Waals surface area contributed by atoms with Crippen LogP contribution in [0.15, 0.2) is 45.8 Å². The SMILES string of the molecule is CCOC(=O)COc1ccc(Br)cc1/C=C1/SC(=O)N(CC(=O)Nc2ccc3c(c2)OCCO3)C1=O. The first-order valence-corrected chi connectivity index (χ1v) is 12.5. The molecule has 2 aliphatic rings. The molecular formula is C24H21BrN2O8S. The molecule has 12 heteroatoms. The lowest BCUT2D eigenvalue weighted by Gasteiger charge is -2.19. The smallest absolute Gasteiger partial charge is 0.344 e. The average molecular weight is 577 g/mol. The second-order valence-corrected chi connectivity index (χ2v) is 9.36. The van der Waals surface area contributed by atoms with Crippen LogP contribution in [0.4, 0.5) is 10.5 Å². The van der Waals surface area contributed by atoms with Crippen molar-refractivity contribution in [2.45, 2.75) is 6.92 Å². The minimum absolute atomic E-state index is 0.117. The summed E-state index contributed by atoms with van der Waals surface area (Å²) >= 11 is 4.07. The summed E-state index contributed by atoms with van der Waals surface area (Å²) in [5.41, 5.74) is 0.921. The number of carbonyl (C=O) groups is 4. The molecule has 0 spiro atoms. The third kappa shape index (κ3) is 6.18. The number of esters is 1. The van der Waals surface area contributed by atoms with Crippen molar-refractivity contribution in [3.63, 3.8) is 0 Å². The van der Waals surface area contributed by atoms with E-state index < -0.39 is 29.6 Å². The predicted molar refractivity (Wildman–Crippen MR) is 135 cm³/mol. The zero-order valence-electron chi connectivity index (χ0n) is 19.1. The Hall–Kier alpha value is -3.51. The fourth-order valence-corrected chi connectivity index (χ4v) is 4.55. The zero-order chi connectivity index (χ0) is 25.7. The average Bonchev–Trinajstić information content (AvgIpc) is 3.11. The second-order valence-electron chi connectivity index (χ2n) is 7.45. The van der Waals surface area contributed by atoms with Crippen molar-refractivity contribution in [3.05, 3.63) is 51.3 Å². The molecular weight excluding hydrogens is 556 g/mol. The first-order valence-electron chi connectivity index (χ1n) is 10.9. The summed E-state index contributed by atoms with van der Waals surface area (Å²) < 4.78 is 22.1. The van der Waals surface area contributed by atoms with Crippen molar-refractivity contribution in [3.8, 4) is 17.2 Å². The van der Waals surface area contributed by atoms with Crippen molar-refractivity contribution in [1.82, 2.24) is 4.90 Å². The Kier molecular flexibility index (Phi) is 8.16. The summed E-state index contributed by atoms with van der Waals surface area (Å²) in [6.07, 6.45) is 1.48. The van der Waals surface area contributed by atoms with Gasteiger partial charge in [-0.25, -0.2) is 4.79 Å². The van der Waals surface area contributed by atoms with E-state index in [1.807, 2.05) is 0 Å². The van der Waals surface area contributed by atoms with Gasteiger partial charge in [0.2, 0.25) is 5.91 Å². The van der Waals surface area contributed by atoms with E-state index in [9.17, 15) is 19.2 Å². The third-order valence-electron chi connectivity index (χ3n) is 4.91. The van der Waals surface area contributed by atoms with Gasteiger partial charge in [0.05, 0.1) is 11.5 Å². The molecule has 0 aliphatic carbocycles. The van der Waals surface area contributed by atoms with E-state index in [0.717, 1.165) is 4.90 Å². The molecule has 1 N–H and O–H groups in total. The Morgan fingerprint density at radius 2 is 1.92 bits per heavy atom. The molecule has 10 nitrogen and oxygen atoms in total. The van der Waals surface area contributed by atoms with E-state index in [2.05, 4.69) is 21.2 Å². The van der Waals surface area contributed by atoms with Crippen LogP contribution in [0.3, 0.4) is 0 Å². The minimum atomic E-state index is -0.612. The molecule has 0 bridgehead atoms. The van der Waals surface area contributed by atoms with Crippen LogP contribution in [0.2, 0.25) is 0 Å². The van der Waals surface area contributed by atoms with Crippen molar-refractivity contribution >= 4 is 62.5 Å². The fraction of sp³-hybridized carbons (Fsp3) is 0.250. The van der Waals surface area contributed by atoms with E-state index in [0.29, 0.717) is 57.9 Å². The molecule has 1 fully saturated rings. The highest BCUT2D eigenvalue weighted by Gasteiger charge is 2.36. The third-order valence-corrected chi connectivity index (χ3v) is 6.31. The summed E-state index contributed by atoms with van der Waals surface area (Å²) in [5, 5.41) is 2.08. The number of carbonyl (C=O) groups excluding carboxylic acids is 4. The highest BCUT2D eigenvalue weighted by atomic mass is 79.9. The molecule has 0 saturated carbocycles. The Morgan fingerprint density at radius 1 is 1.14 bits per heavy atom. The number of nitrogens with one attached hydrogen (secondary N) is 1. The standard InChI is InChI=1S/C24H21BrN2O8S/c1-2-32-22(29)13-35-17-5-3-15(25)9-14(17)10-20-23(30)27(24(31)36-20)12-21(28)26-16-4-6-18-19(11-16)34-8-7-33-18/h3-6,9-11H,2,7-8,12-13H2,1H3,(H,26,28)/b20-10+. The molecule has 1 saturated heterocycles. The van der Waals surface area contributed by atoms with Gasteiger partial charge in [-0.1, -0.05) is 15.9 Å². The largest absolute Gasteiger partial charge is 0.486 e. The van der Waals surface area contributed by atoms with Crippen LogP contribution in [-0.4, -0.2) is 60.9 Å². The molecule has 0 radical (unpaired) electrons. The number of fused-ring (bicyclic) bond motifs is 1. The fourth-order valence-electron chi connectivity index (χ4n) is 3.35. The molecule has 2 heterocycles. The number of ether oxygens (including phenoxy) is 4. The maximum atomic E-state index is 12.9. The van der Waals surface area contributed by atoms with Crippen molar-refractivity contribution < 1.29 is 38.1 Å². The van der Waals surface area contributed by atoms with Gasteiger partial charge in [-0.2, -0.15) is 0 Å². The summed E-state index contributed by atoms with van der Waals surface area (Å²) in [4.78, 5) is 50.6. The summed E-state index contributed by atoms with van der Waals surface area (Å²) in [5.74, 6) is -0.281. The van der Waals surface area contributed by atoms with Gasteiger partial charge >= 0.3 is 5.97 Å². The van der Waals surface area contributed by atoms with Gasteiger partial charge in [-0.3, -0.25) is 19.3 Å². The lowest BCUT2D eigenvalue weighted by Crippen LogP contribution is -2.36. The highest BCUT2D eigenvalue weighted by molar-refractivity contribution is 9.10. The van der Waals surface area contributed by atoms with E-state index in [1.54, 1.807) is 43.3 Å². The Bertz CT molecular complexity index is 1250. The Balaban J connectivity index is 1.44. The molecule has 4 rings (SSSR count). The number of imide groups is 1. The van der Waals surface area contributed by atoms with Crippen molar-refractivity contribution in [2.75, 3.05) is 38.3 Å². The number of amides is 3. The van der Waals surface area contributed by atoms with Crippen LogP contribution in [0.1, 0.15) is 12.5 Å². The van der Waals surface area contributed by atoms with Crippen LogP contribution in [0, 0.1) is 0 Å². The molecule has 188 valence electrons. The highest BCUT2D eigenvalue weighted by Crippen LogP contribution is 2.35. The van der Waals surface area contributed by atoms with Gasteiger partial charge in [0.25, 0.3) is 11.1 Å². The van der Waals surface area contributed by atoms with Gasteiger partial charge in [0, 0.05) is 21.8 Å². The van der Waals surface area contributed by atoms with Crippen LogP contribution in [0.5, 0.6) is 17.2 Å². The molecule has 3 amide bonds. The first kappa shape index (κ1) is 25.6.